The maximum Gasteiger partial charge on any atom is 0.322 e. The third-order valence-electron chi connectivity index (χ3n) is 5.18. The van der Waals surface area contributed by atoms with Gasteiger partial charge in [0.1, 0.15) is 0 Å². The molecule has 6 nitrogen and oxygen atoms in total. The van der Waals surface area contributed by atoms with Crippen LogP contribution in [0.3, 0.4) is 0 Å². The van der Waals surface area contributed by atoms with Crippen LogP contribution in [0.1, 0.15) is 31.4 Å². The first-order valence-corrected chi connectivity index (χ1v) is 9.76. The molecule has 2 aromatic heterocycles. The topological polar surface area (TPSA) is 71.3 Å². The highest BCUT2D eigenvalue weighted by atomic mass is 16.3. The molecule has 3 heterocycles. The Morgan fingerprint density at radius 2 is 2.18 bits per heavy atom. The van der Waals surface area contributed by atoms with Crippen molar-refractivity contribution in [3.05, 3.63) is 66.9 Å². The first-order chi connectivity index (χ1) is 13.8. The van der Waals surface area contributed by atoms with E-state index in [0.717, 1.165) is 55.6 Å². The Hall–Kier alpha value is -3.15. The summed E-state index contributed by atoms with van der Waals surface area (Å²) in [5.41, 5.74) is 2.72. The predicted octanol–water partition coefficient (Wildman–Crippen LogP) is 4.76. The van der Waals surface area contributed by atoms with E-state index in [1.807, 2.05) is 53.6 Å². The zero-order valence-electron chi connectivity index (χ0n) is 15.8. The second-order valence-electron chi connectivity index (χ2n) is 7.08. The van der Waals surface area contributed by atoms with E-state index in [9.17, 15) is 4.79 Å². The number of nitrogens with zero attached hydrogens (tertiary/aromatic N) is 3. The number of carbonyl (C=O) groups excluding carboxylic acids is 1. The molecule has 0 radical (unpaired) electrons. The van der Waals surface area contributed by atoms with Gasteiger partial charge in [-0.05, 0) is 56.4 Å². The van der Waals surface area contributed by atoms with Gasteiger partial charge in [0.05, 0.1) is 6.20 Å². The molecule has 0 aliphatic carbocycles. The second kappa shape index (κ2) is 8.69. The van der Waals surface area contributed by atoms with Crippen LogP contribution in [0.5, 0.6) is 0 Å². The molecule has 1 aliphatic rings. The van der Waals surface area contributed by atoms with Crippen molar-refractivity contribution in [2.24, 2.45) is 0 Å². The molecule has 6 heteroatoms. The lowest BCUT2D eigenvalue weighted by atomic mass is 9.97. The lowest BCUT2D eigenvalue weighted by Gasteiger charge is -2.35. The van der Waals surface area contributed by atoms with E-state index in [4.69, 9.17) is 4.42 Å². The van der Waals surface area contributed by atoms with E-state index in [1.54, 1.807) is 6.20 Å². The summed E-state index contributed by atoms with van der Waals surface area (Å²) < 4.78 is 5.35. The van der Waals surface area contributed by atoms with Gasteiger partial charge in [0.2, 0.25) is 0 Å². The van der Waals surface area contributed by atoms with Crippen LogP contribution in [-0.2, 0) is 6.42 Å². The van der Waals surface area contributed by atoms with E-state index in [-0.39, 0.29) is 12.1 Å². The van der Waals surface area contributed by atoms with Crippen LogP contribution in [0.25, 0.3) is 11.3 Å². The van der Waals surface area contributed by atoms with Gasteiger partial charge < -0.3 is 14.6 Å². The molecule has 1 aliphatic heterocycles. The number of pyridine rings is 1. The first-order valence-electron chi connectivity index (χ1n) is 9.76. The van der Waals surface area contributed by atoms with Crippen LogP contribution >= 0.6 is 0 Å². The number of aryl methyl sites for hydroxylation is 1. The average molecular weight is 376 g/mol. The van der Waals surface area contributed by atoms with Crippen molar-refractivity contribution >= 4 is 11.7 Å². The normalized spacial score (nSPS) is 16.7. The number of piperidine rings is 1. The molecule has 1 saturated heterocycles. The van der Waals surface area contributed by atoms with Crippen molar-refractivity contribution in [1.82, 2.24) is 14.9 Å². The van der Waals surface area contributed by atoms with E-state index in [0.29, 0.717) is 5.76 Å². The minimum atomic E-state index is -0.0413. The standard InChI is InChI=1S/C22H24N4O2/c27-22(25-19-8-5-6-17(14-19)21-15-23-16-28-21)26-13-4-2-9-20(26)11-10-18-7-1-3-12-24-18/h1,3,5-8,12,14-16,20H,2,4,9-11,13H2,(H,25,27). The molecule has 144 valence electrons. The Labute approximate surface area is 164 Å². The number of hydrogen-bond donors (Lipinski definition) is 1. The number of rotatable bonds is 5. The van der Waals surface area contributed by atoms with Gasteiger partial charge >= 0.3 is 6.03 Å². The highest BCUT2D eigenvalue weighted by Crippen LogP contribution is 2.25. The largest absolute Gasteiger partial charge is 0.444 e. The number of nitrogens with one attached hydrogen (secondary N) is 1. The monoisotopic (exact) mass is 376 g/mol. The summed E-state index contributed by atoms with van der Waals surface area (Å²) in [6, 6.07) is 13.8. The fourth-order valence-electron chi connectivity index (χ4n) is 3.73. The fourth-order valence-corrected chi connectivity index (χ4v) is 3.73. The molecule has 28 heavy (non-hydrogen) atoms. The van der Waals surface area contributed by atoms with Gasteiger partial charge in [0, 0.05) is 35.7 Å². The Kier molecular flexibility index (Phi) is 5.66. The van der Waals surface area contributed by atoms with E-state index in [1.165, 1.54) is 6.39 Å². The second-order valence-corrected chi connectivity index (χ2v) is 7.08. The SMILES string of the molecule is O=C(Nc1cccc(-c2cnco2)c1)N1CCCCC1CCc1ccccn1. The summed E-state index contributed by atoms with van der Waals surface area (Å²) >= 11 is 0. The zero-order chi connectivity index (χ0) is 19.2. The molecule has 4 rings (SSSR count). The Morgan fingerprint density at radius 1 is 1.21 bits per heavy atom. The van der Waals surface area contributed by atoms with E-state index in [2.05, 4.69) is 15.3 Å². The molecule has 1 N–H and O–H groups in total. The number of hydrogen-bond acceptors (Lipinski definition) is 4. The van der Waals surface area contributed by atoms with Crippen LogP contribution < -0.4 is 5.32 Å². The van der Waals surface area contributed by atoms with Gasteiger partial charge in [-0.3, -0.25) is 4.98 Å². The molecule has 0 saturated carbocycles. The molecule has 0 spiro atoms. The van der Waals surface area contributed by atoms with Crippen molar-refractivity contribution in [2.75, 3.05) is 11.9 Å². The third kappa shape index (κ3) is 4.39. The summed E-state index contributed by atoms with van der Waals surface area (Å²) in [6.07, 6.45) is 9.96. The van der Waals surface area contributed by atoms with Gasteiger partial charge in [0.15, 0.2) is 12.2 Å². The summed E-state index contributed by atoms with van der Waals surface area (Å²) in [5.74, 6) is 0.683. The summed E-state index contributed by atoms with van der Waals surface area (Å²) in [5, 5.41) is 3.05. The van der Waals surface area contributed by atoms with Gasteiger partial charge in [-0.15, -0.1) is 0 Å². The van der Waals surface area contributed by atoms with Crippen molar-refractivity contribution in [3.63, 3.8) is 0 Å². The lowest BCUT2D eigenvalue weighted by molar-refractivity contribution is 0.158. The molecule has 1 unspecified atom stereocenters. The van der Waals surface area contributed by atoms with Crippen LogP contribution in [0, 0.1) is 0 Å². The fraction of sp³-hybridized carbons (Fsp3) is 0.318. The Balaban J connectivity index is 1.41. The van der Waals surface area contributed by atoms with Crippen LogP contribution in [0.2, 0.25) is 0 Å². The number of anilines is 1. The maximum atomic E-state index is 13.0. The van der Waals surface area contributed by atoms with Gasteiger partial charge in [-0.25, -0.2) is 9.78 Å². The van der Waals surface area contributed by atoms with Gasteiger partial charge in [-0.1, -0.05) is 18.2 Å². The molecule has 0 bridgehead atoms. The number of urea groups is 1. The van der Waals surface area contributed by atoms with Crippen molar-refractivity contribution < 1.29 is 9.21 Å². The van der Waals surface area contributed by atoms with Gasteiger partial charge in [0.25, 0.3) is 0 Å². The Bertz CT molecular complexity index is 896. The highest BCUT2D eigenvalue weighted by Gasteiger charge is 2.26. The number of benzene rings is 1. The summed E-state index contributed by atoms with van der Waals surface area (Å²) in [7, 11) is 0. The quantitative estimate of drug-likeness (QED) is 0.697. The van der Waals surface area contributed by atoms with Crippen LogP contribution in [0.4, 0.5) is 10.5 Å². The van der Waals surface area contributed by atoms with Gasteiger partial charge in [-0.2, -0.15) is 0 Å². The van der Waals surface area contributed by atoms with E-state index < -0.39 is 0 Å². The molecule has 1 fully saturated rings. The predicted molar refractivity (Wildman–Crippen MR) is 108 cm³/mol. The highest BCUT2D eigenvalue weighted by molar-refractivity contribution is 5.90. The first kappa shape index (κ1) is 18.2. The zero-order valence-corrected chi connectivity index (χ0v) is 15.8. The number of aromatic nitrogens is 2. The molecule has 1 aromatic carbocycles. The van der Waals surface area contributed by atoms with Crippen LogP contribution in [0.15, 0.2) is 65.7 Å². The Morgan fingerprint density at radius 3 is 3.00 bits per heavy atom. The number of carbonyl (C=O) groups is 1. The molecule has 3 aromatic rings. The third-order valence-corrected chi connectivity index (χ3v) is 5.18. The average Bonchev–Trinajstić information content (AvgIpc) is 3.28. The summed E-state index contributed by atoms with van der Waals surface area (Å²) in [6.45, 7) is 0.792. The smallest absolute Gasteiger partial charge is 0.322 e. The van der Waals surface area contributed by atoms with E-state index >= 15 is 0 Å². The van der Waals surface area contributed by atoms with Crippen molar-refractivity contribution in [1.29, 1.82) is 0 Å². The molecular weight excluding hydrogens is 352 g/mol. The maximum absolute atomic E-state index is 13.0. The minimum absolute atomic E-state index is 0.0413. The lowest BCUT2D eigenvalue weighted by Crippen LogP contribution is -2.46. The molecule has 2 amide bonds. The molecule has 1 atom stereocenters. The minimum Gasteiger partial charge on any atom is -0.444 e. The number of amides is 2. The van der Waals surface area contributed by atoms with Crippen molar-refractivity contribution in [3.8, 4) is 11.3 Å². The summed E-state index contributed by atoms with van der Waals surface area (Å²) in [4.78, 5) is 23.3. The van der Waals surface area contributed by atoms with Crippen LogP contribution in [-0.4, -0.2) is 33.5 Å². The number of likely N-dealkylation sites (tertiary alicyclic amines) is 1. The number of oxazole rings is 1. The molecular formula is C22H24N4O2. The van der Waals surface area contributed by atoms with Crippen molar-refractivity contribution in [2.45, 2.75) is 38.1 Å².